The van der Waals surface area contributed by atoms with Crippen molar-refractivity contribution in [1.29, 1.82) is 0 Å². The normalized spacial score (nSPS) is 12.0. The lowest BCUT2D eigenvalue weighted by Gasteiger charge is -2.16. The lowest BCUT2D eigenvalue weighted by Crippen LogP contribution is -2.11. The Morgan fingerprint density at radius 1 is 1.55 bits per heavy atom. The SMILES string of the molecule is CC(C)(C)c1scnc1CO. The van der Waals surface area contributed by atoms with Gasteiger partial charge in [0.25, 0.3) is 0 Å². The Balaban J connectivity index is 3.02. The van der Waals surface area contributed by atoms with Gasteiger partial charge in [-0.2, -0.15) is 0 Å². The molecule has 1 aromatic heterocycles. The van der Waals surface area contributed by atoms with E-state index in [4.69, 9.17) is 5.11 Å². The predicted octanol–water partition coefficient (Wildman–Crippen LogP) is 1.93. The quantitative estimate of drug-likeness (QED) is 0.700. The number of rotatable bonds is 1. The highest BCUT2D eigenvalue weighted by Gasteiger charge is 2.19. The van der Waals surface area contributed by atoms with Crippen molar-refractivity contribution in [3.05, 3.63) is 16.1 Å². The molecule has 0 atom stereocenters. The molecule has 62 valence electrons. The largest absolute Gasteiger partial charge is 0.390 e. The highest BCUT2D eigenvalue weighted by Crippen LogP contribution is 2.28. The van der Waals surface area contributed by atoms with Crippen LogP contribution in [0, 0.1) is 0 Å². The molecule has 0 saturated carbocycles. The molecule has 0 aliphatic heterocycles. The van der Waals surface area contributed by atoms with Crippen molar-refractivity contribution < 1.29 is 5.11 Å². The topological polar surface area (TPSA) is 33.1 Å². The summed E-state index contributed by atoms with van der Waals surface area (Å²) < 4.78 is 0. The van der Waals surface area contributed by atoms with Gasteiger partial charge in [0.15, 0.2) is 0 Å². The molecule has 0 spiro atoms. The summed E-state index contributed by atoms with van der Waals surface area (Å²) in [5.41, 5.74) is 2.72. The van der Waals surface area contributed by atoms with E-state index in [1.54, 1.807) is 16.8 Å². The summed E-state index contributed by atoms with van der Waals surface area (Å²) in [6.07, 6.45) is 0. The molecule has 0 aliphatic rings. The number of hydrogen-bond acceptors (Lipinski definition) is 3. The molecule has 1 heterocycles. The maximum absolute atomic E-state index is 8.91. The van der Waals surface area contributed by atoms with Crippen LogP contribution in [-0.2, 0) is 12.0 Å². The Hall–Kier alpha value is -0.410. The van der Waals surface area contributed by atoms with E-state index in [1.807, 2.05) is 0 Å². The third kappa shape index (κ3) is 1.79. The lowest BCUT2D eigenvalue weighted by molar-refractivity contribution is 0.274. The molecule has 0 aromatic carbocycles. The summed E-state index contributed by atoms with van der Waals surface area (Å²) in [6.45, 7) is 6.43. The minimum atomic E-state index is 0.0517. The maximum Gasteiger partial charge on any atom is 0.0864 e. The van der Waals surface area contributed by atoms with E-state index in [2.05, 4.69) is 25.8 Å². The molecule has 1 aromatic rings. The van der Waals surface area contributed by atoms with E-state index in [-0.39, 0.29) is 12.0 Å². The van der Waals surface area contributed by atoms with Crippen LogP contribution in [0.1, 0.15) is 31.3 Å². The molecule has 0 radical (unpaired) electrons. The van der Waals surface area contributed by atoms with Gasteiger partial charge in [-0.15, -0.1) is 11.3 Å². The van der Waals surface area contributed by atoms with Crippen LogP contribution in [0.15, 0.2) is 5.51 Å². The van der Waals surface area contributed by atoms with Crippen molar-refractivity contribution >= 4 is 11.3 Å². The zero-order chi connectivity index (χ0) is 8.48. The average Bonchev–Trinajstić information content (AvgIpc) is 2.31. The molecule has 0 unspecified atom stereocenters. The number of hydrogen-bond donors (Lipinski definition) is 1. The summed E-state index contributed by atoms with van der Waals surface area (Å²) in [5, 5.41) is 8.91. The first kappa shape index (κ1) is 8.68. The van der Waals surface area contributed by atoms with Gasteiger partial charge in [0, 0.05) is 4.88 Å². The van der Waals surface area contributed by atoms with E-state index in [0.29, 0.717) is 0 Å². The number of nitrogens with zero attached hydrogens (tertiary/aromatic N) is 1. The molecule has 0 amide bonds. The standard InChI is InChI=1S/C8H13NOS/c1-8(2,3)7-6(4-10)9-5-11-7/h5,10H,4H2,1-3H3. The molecule has 0 aliphatic carbocycles. The second kappa shape index (κ2) is 2.91. The molecule has 0 saturated heterocycles. The summed E-state index contributed by atoms with van der Waals surface area (Å²) in [5.74, 6) is 0. The Bertz CT molecular complexity index is 236. The van der Waals surface area contributed by atoms with Crippen LogP contribution in [0.4, 0.5) is 0 Å². The van der Waals surface area contributed by atoms with Crippen LogP contribution in [0.25, 0.3) is 0 Å². The van der Waals surface area contributed by atoms with Crippen molar-refractivity contribution in [2.45, 2.75) is 32.8 Å². The van der Waals surface area contributed by atoms with Crippen LogP contribution in [-0.4, -0.2) is 10.1 Å². The molecule has 1 N–H and O–H groups in total. The predicted molar refractivity (Wildman–Crippen MR) is 46.7 cm³/mol. The van der Waals surface area contributed by atoms with Gasteiger partial charge in [-0.1, -0.05) is 20.8 Å². The van der Waals surface area contributed by atoms with Crippen LogP contribution in [0.3, 0.4) is 0 Å². The van der Waals surface area contributed by atoms with Crippen molar-refractivity contribution in [2.75, 3.05) is 0 Å². The summed E-state index contributed by atoms with van der Waals surface area (Å²) in [6, 6.07) is 0. The van der Waals surface area contributed by atoms with Crippen molar-refractivity contribution in [3.63, 3.8) is 0 Å². The second-order valence-corrected chi connectivity index (χ2v) is 4.39. The van der Waals surface area contributed by atoms with Gasteiger partial charge in [0.1, 0.15) is 0 Å². The highest BCUT2D eigenvalue weighted by atomic mass is 32.1. The minimum Gasteiger partial charge on any atom is -0.390 e. The first-order valence-corrected chi connectivity index (χ1v) is 4.47. The van der Waals surface area contributed by atoms with Gasteiger partial charge < -0.3 is 5.11 Å². The smallest absolute Gasteiger partial charge is 0.0864 e. The van der Waals surface area contributed by atoms with E-state index >= 15 is 0 Å². The van der Waals surface area contributed by atoms with Gasteiger partial charge in [-0.3, -0.25) is 0 Å². The summed E-state index contributed by atoms with van der Waals surface area (Å²) in [7, 11) is 0. The third-order valence-corrected chi connectivity index (χ3v) is 2.77. The van der Waals surface area contributed by atoms with E-state index < -0.39 is 0 Å². The second-order valence-electron chi connectivity index (χ2n) is 3.54. The van der Waals surface area contributed by atoms with Crippen molar-refractivity contribution in [2.24, 2.45) is 0 Å². The Labute approximate surface area is 70.9 Å². The monoisotopic (exact) mass is 171 g/mol. The Kier molecular flexibility index (Phi) is 2.30. The Morgan fingerprint density at radius 2 is 2.18 bits per heavy atom. The fourth-order valence-corrected chi connectivity index (χ4v) is 1.88. The fourth-order valence-electron chi connectivity index (χ4n) is 0.992. The van der Waals surface area contributed by atoms with Crippen LogP contribution < -0.4 is 0 Å². The number of aliphatic hydroxyl groups is 1. The lowest BCUT2D eigenvalue weighted by atomic mass is 9.93. The zero-order valence-corrected chi connectivity index (χ0v) is 7.90. The molecule has 3 heteroatoms. The molecule has 1 rings (SSSR count). The van der Waals surface area contributed by atoms with E-state index in [9.17, 15) is 0 Å². The average molecular weight is 171 g/mol. The first-order chi connectivity index (χ1) is 5.05. The zero-order valence-electron chi connectivity index (χ0n) is 7.09. The molecule has 2 nitrogen and oxygen atoms in total. The number of aliphatic hydroxyl groups excluding tert-OH is 1. The summed E-state index contributed by atoms with van der Waals surface area (Å²) in [4.78, 5) is 5.25. The van der Waals surface area contributed by atoms with Crippen molar-refractivity contribution in [1.82, 2.24) is 4.98 Å². The molecular formula is C8H13NOS. The molecule has 0 fully saturated rings. The number of thiazole rings is 1. The third-order valence-electron chi connectivity index (χ3n) is 1.47. The van der Waals surface area contributed by atoms with Crippen LogP contribution >= 0.6 is 11.3 Å². The van der Waals surface area contributed by atoms with Gasteiger partial charge in [-0.05, 0) is 5.41 Å². The van der Waals surface area contributed by atoms with Gasteiger partial charge >= 0.3 is 0 Å². The van der Waals surface area contributed by atoms with E-state index in [0.717, 1.165) is 5.69 Å². The first-order valence-electron chi connectivity index (χ1n) is 3.59. The van der Waals surface area contributed by atoms with Crippen LogP contribution in [0.5, 0.6) is 0 Å². The van der Waals surface area contributed by atoms with Crippen LogP contribution in [0.2, 0.25) is 0 Å². The minimum absolute atomic E-state index is 0.0517. The molecular weight excluding hydrogens is 158 g/mol. The van der Waals surface area contributed by atoms with Crippen molar-refractivity contribution in [3.8, 4) is 0 Å². The number of aromatic nitrogens is 1. The maximum atomic E-state index is 8.91. The van der Waals surface area contributed by atoms with E-state index in [1.165, 1.54) is 4.88 Å². The highest BCUT2D eigenvalue weighted by molar-refractivity contribution is 7.09. The van der Waals surface area contributed by atoms with Gasteiger partial charge in [-0.25, -0.2) is 4.98 Å². The van der Waals surface area contributed by atoms with Gasteiger partial charge in [0.05, 0.1) is 17.8 Å². The Morgan fingerprint density at radius 3 is 2.55 bits per heavy atom. The molecule has 11 heavy (non-hydrogen) atoms. The molecule has 0 bridgehead atoms. The summed E-state index contributed by atoms with van der Waals surface area (Å²) >= 11 is 1.61. The fraction of sp³-hybridized carbons (Fsp3) is 0.625. The van der Waals surface area contributed by atoms with Gasteiger partial charge in [0.2, 0.25) is 0 Å².